The largest absolute Gasteiger partial charge is 0.353 e. The Labute approximate surface area is 162 Å². The average molecular weight is 386 g/mol. The highest BCUT2D eigenvalue weighted by Gasteiger charge is 2.07. The molecule has 0 aliphatic rings. The van der Waals surface area contributed by atoms with Gasteiger partial charge in [-0.2, -0.15) is 15.0 Å². The van der Waals surface area contributed by atoms with Crippen LogP contribution in [0.3, 0.4) is 0 Å². The number of aromatic nitrogens is 3. The van der Waals surface area contributed by atoms with Crippen molar-refractivity contribution in [1.29, 1.82) is 0 Å². The molecule has 0 radical (unpaired) electrons. The second-order valence-electron chi connectivity index (χ2n) is 5.37. The predicted octanol–water partition coefficient (Wildman–Crippen LogP) is 3.31. The Morgan fingerprint density at radius 3 is 2.08 bits per heavy atom. The molecule has 1 aromatic heterocycles. The van der Waals surface area contributed by atoms with Crippen molar-refractivity contribution in [2.75, 3.05) is 29.0 Å². The fourth-order valence-electron chi connectivity index (χ4n) is 2.14. The monoisotopic (exact) mass is 385 g/mol. The third-order valence-corrected chi connectivity index (χ3v) is 3.86. The van der Waals surface area contributed by atoms with E-state index >= 15 is 0 Å². The standard InChI is InChI=1S/C17H19N7S2/c18-8-9-19-15-22-16(20-11-4-6-13(25)7-5-11)24-17(23-15)21-12-2-1-3-14(26)10-12/h1-7,10,25-26H,8-9,18H2,(H3,19,20,21,22,23,24). The van der Waals surface area contributed by atoms with E-state index in [-0.39, 0.29) is 0 Å². The highest BCUT2D eigenvalue weighted by molar-refractivity contribution is 7.80. The van der Waals surface area contributed by atoms with E-state index in [1.54, 1.807) is 0 Å². The smallest absolute Gasteiger partial charge is 0.233 e. The molecule has 0 aliphatic carbocycles. The first-order chi connectivity index (χ1) is 12.6. The van der Waals surface area contributed by atoms with Crippen molar-refractivity contribution in [2.24, 2.45) is 5.73 Å². The minimum absolute atomic E-state index is 0.409. The van der Waals surface area contributed by atoms with E-state index in [9.17, 15) is 0 Å². The normalized spacial score (nSPS) is 10.4. The first-order valence-corrected chi connectivity index (χ1v) is 8.84. The van der Waals surface area contributed by atoms with Gasteiger partial charge in [-0.3, -0.25) is 0 Å². The van der Waals surface area contributed by atoms with E-state index in [0.29, 0.717) is 30.9 Å². The van der Waals surface area contributed by atoms with Gasteiger partial charge in [0.15, 0.2) is 0 Å². The Balaban J connectivity index is 1.86. The summed E-state index contributed by atoms with van der Waals surface area (Å²) in [6, 6.07) is 15.2. The van der Waals surface area contributed by atoms with Crippen LogP contribution in [0.2, 0.25) is 0 Å². The Bertz CT molecular complexity index is 871. The van der Waals surface area contributed by atoms with E-state index in [0.717, 1.165) is 21.2 Å². The SMILES string of the molecule is NCCNc1nc(Nc2ccc(S)cc2)nc(Nc2cccc(S)c2)n1. The number of hydrogen-bond donors (Lipinski definition) is 6. The molecule has 134 valence electrons. The highest BCUT2D eigenvalue weighted by atomic mass is 32.1. The van der Waals surface area contributed by atoms with Crippen LogP contribution in [-0.4, -0.2) is 28.0 Å². The lowest BCUT2D eigenvalue weighted by molar-refractivity contribution is 0.973. The number of nitrogens with one attached hydrogen (secondary N) is 3. The quantitative estimate of drug-likeness (QED) is 0.347. The van der Waals surface area contributed by atoms with Gasteiger partial charge in [-0.15, -0.1) is 25.3 Å². The second-order valence-corrected chi connectivity index (χ2v) is 6.40. The molecule has 0 unspecified atom stereocenters. The van der Waals surface area contributed by atoms with Gasteiger partial charge in [-0.1, -0.05) is 6.07 Å². The summed E-state index contributed by atoms with van der Waals surface area (Å²) >= 11 is 8.63. The van der Waals surface area contributed by atoms with Gasteiger partial charge in [0.25, 0.3) is 0 Å². The molecule has 9 heteroatoms. The number of nitrogens with two attached hydrogens (primary N) is 1. The van der Waals surface area contributed by atoms with Crippen molar-refractivity contribution >= 4 is 54.5 Å². The van der Waals surface area contributed by atoms with E-state index in [1.165, 1.54) is 0 Å². The summed E-state index contributed by atoms with van der Waals surface area (Å²) < 4.78 is 0. The third-order valence-electron chi connectivity index (χ3n) is 3.29. The molecule has 5 N–H and O–H groups in total. The second kappa shape index (κ2) is 8.75. The van der Waals surface area contributed by atoms with Gasteiger partial charge >= 0.3 is 0 Å². The van der Waals surface area contributed by atoms with Crippen LogP contribution in [0.1, 0.15) is 0 Å². The Morgan fingerprint density at radius 1 is 0.769 bits per heavy atom. The maximum atomic E-state index is 5.55. The van der Waals surface area contributed by atoms with Crippen LogP contribution in [0.5, 0.6) is 0 Å². The summed E-state index contributed by atoms with van der Waals surface area (Å²) in [5.74, 6) is 1.26. The number of nitrogens with zero attached hydrogens (tertiary/aromatic N) is 3. The van der Waals surface area contributed by atoms with Crippen molar-refractivity contribution in [2.45, 2.75) is 9.79 Å². The lowest BCUT2D eigenvalue weighted by Gasteiger charge is -2.11. The zero-order chi connectivity index (χ0) is 18.4. The van der Waals surface area contributed by atoms with E-state index in [4.69, 9.17) is 5.73 Å². The van der Waals surface area contributed by atoms with Gasteiger partial charge in [0.2, 0.25) is 17.8 Å². The summed E-state index contributed by atoms with van der Waals surface area (Å²) in [6.07, 6.45) is 0. The van der Waals surface area contributed by atoms with Crippen molar-refractivity contribution in [1.82, 2.24) is 15.0 Å². The van der Waals surface area contributed by atoms with E-state index < -0.39 is 0 Å². The number of benzene rings is 2. The molecular formula is C17H19N7S2. The van der Waals surface area contributed by atoms with E-state index in [1.807, 2.05) is 48.5 Å². The fourth-order valence-corrected chi connectivity index (χ4v) is 2.51. The van der Waals surface area contributed by atoms with Gasteiger partial charge in [0, 0.05) is 34.3 Å². The fraction of sp³-hybridized carbons (Fsp3) is 0.118. The van der Waals surface area contributed by atoms with Crippen LogP contribution in [0.25, 0.3) is 0 Å². The van der Waals surface area contributed by atoms with E-state index in [2.05, 4.69) is 56.2 Å². The molecule has 0 atom stereocenters. The number of anilines is 5. The molecule has 0 saturated carbocycles. The zero-order valence-corrected chi connectivity index (χ0v) is 15.6. The molecule has 0 fully saturated rings. The molecule has 0 spiro atoms. The van der Waals surface area contributed by atoms with Crippen LogP contribution in [0.4, 0.5) is 29.2 Å². The number of hydrogen-bond acceptors (Lipinski definition) is 9. The van der Waals surface area contributed by atoms with Crippen LogP contribution in [0, 0.1) is 0 Å². The third kappa shape index (κ3) is 5.25. The topological polar surface area (TPSA) is 101 Å². The summed E-state index contributed by atoms with van der Waals surface area (Å²) in [7, 11) is 0. The lowest BCUT2D eigenvalue weighted by Crippen LogP contribution is -2.16. The zero-order valence-electron chi connectivity index (χ0n) is 13.8. The molecule has 0 bridgehead atoms. The minimum atomic E-state index is 0.409. The van der Waals surface area contributed by atoms with Crippen molar-refractivity contribution in [3.63, 3.8) is 0 Å². The van der Waals surface area contributed by atoms with Gasteiger partial charge in [-0.05, 0) is 42.5 Å². The minimum Gasteiger partial charge on any atom is -0.353 e. The maximum absolute atomic E-state index is 5.55. The molecule has 7 nitrogen and oxygen atoms in total. The molecule has 0 saturated heterocycles. The molecule has 1 heterocycles. The molecule has 26 heavy (non-hydrogen) atoms. The van der Waals surface area contributed by atoms with Gasteiger partial charge in [0.1, 0.15) is 0 Å². The maximum Gasteiger partial charge on any atom is 0.233 e. The molecule has 3 rings (SSSR count). The van der Waals surface area contributed by atoms with Gasteiger partial charge in [-0.25, -0.2) is 0 Å². The summed E-state index contributed by atoms with van der Waals surface area (Å²) in [6.45, 7) is 1.03. The van der Waals surface area contributed by atoms with Crippen molar-refractivity contribution in [3.05, 3.63) is 48.5 Å². The Kier molecular flexibility index (Phi) is 6.16. The van der Waals surface area contributed by atoms with Gasteiger partial charge in [0.05, 0.1) is 0 Å². The number of thiol groups is 2. The predicted molar refractivity (Wildman–Crippen MR) is 111 cm³/mol. The Hall–Kier alpha value is -2.49. The average Bonchev–Trinajstić information content (AvgIpc) is 2.62. The molecule has 2 aromatic carbocycles. The summed E-state index contributed by atoms with van der Waals surface area (Å²) in [4.78, 5) is 14.9. The van der Waals surface area contributed by atoms with Gasteiger partial charge < -0.3 is 21.7 Å². The lowest BCUT2D eigenvalue weighted by atomic mass is 10.3. The van der Waals surface area contributed by atoms with Crippen LogP contribution in [0.15, 0.2) is 58.3 Å². The van der Waals surface area contributed by atoms with Crippen molar-refractivity contribution < 1.29 is 0 Å². The summed E-state index contributed by atoms with van der Waals surface area (Å²) in [5.41, 5.74) is 7.23. The highest BCUT2D eigenvalue weighted by Crippen LogP contribution is 2.21. The molecule has 3 aromatic rings. The number of rotatable bonds is 7. The molecular weight excluding hydrogens is 366 g/mol. The van der Waals surface area contributed by atoms with Crippen LogP contribution >= 0.6 is 25.3 Å². The first kappa shape index (κ1) is 18.3. The Morgan fingerprint density at radius 2 is 1.42 bits per heavy atom. The molecule has 0 aliphatic heterocycles. The first-order valence-electron chi connectivity index (χ1n) is 7.94. The van der Waals surface area contributed by atoms with Crippen molar-refractivity contribution in [3.8, 4) is 0 Å². The molecule has 0 amide bonds. The summed E-state index contributed by atoms with van der Waals surface area (Å²) in [5, 5.41) is 9.40. The van der Waals surface area contributed by atoms with Crippen LogP contribution < -0.4 is 21.7 Å². The van der Waals surface area contributed by atoms with Crippen LogP contribution in [-0.2, 0) is 0 Å².